The van der Waals surface area contributed by atoms with Gasteiger partial charge < -0.3 is 9.84 Å². The van der Waals surface area contributed by atoms with Gasteiger partial charge in [-0.25, -0.2) is 9.78 Å². The summed E-state index contributed by atoms with van der Waals surface area (Å²) in [7, 11) is 0. The Labute approximate surface area is 98.5 Å². The molecule has 4 nitrogen and oxygen atoms in total. The van der Waals surface area contributed by atoms with E-state index in [0.29, 0.717) is 17.2 Å². The molecule has 0 aliphatic rings. The quantitative estimate of drug-likeness (QED) is 0.879. The summed E-state index contributed by atoms with van der Waals surface area (Å²) in [5, 5.41) is 8.87. The molecule has 0 aliphatic heterocycles. The lowest BCUT2D eigenvalue weighted by Gasteiger charge is -2.06. The first kappa shape index (κ1) is 11.1. The van der Waals surface area contributed by atoms with Crippen molar-refractivity contribution in [2.24, 2.45) is 0 Å². The molecule has 1 aromatic carbocycles. The minimum atomic E-state index is -0.985. The van der Waals surface area contributed by atoms with Gasteiger partial charge in [0.2, 0.25) is 5.88 Å². The molecular formula is C13H11NO3. The van der Waals surface area contributed by atoms with Gasteiger partial charge in [-0.3, -0.25) is 0 Å². The molecule has 0 amide bonds. The molecular weight excluding hydrogens is 218 g/mol. The van der Waals surface area contributed by atoms with Gasteiger partial charge in [-0.15, -0.1) is 0 Å². The summed E-state index contributed by atoms with van der Waals surface area (Å²) in [5.41, 5.74) is 0.809. The van der Waals surface area contributed by atoms with Crippen molar-refractivity contribution in [2.45, 2.75) is 6.92 Å². The van der Waals surface area contributed by atoms with Crippen molar-refractivity contribution in [3.63, 3.8) is 0 Å². The van der Waals surface area contributed by atoms with E-state index in [1.165, 1.54) is 6.20 Å². The van der Waals surface area contributed by atoms with Crippen LogP contribution in [0.15, 0.2) is 42.6 Å². The minimum absolute atomic E-state index is 0.186. The number of pyridine rings is 1. The SMILES string of the molecule is Cc1cc(Oc2ccccc2)ncc1C(=O)O. The van der Waals surface area contributed by atoms with Crippen LogP contribution in [0.3, 0.4) is 0 Å². The Bertz CT molecular complexity index is 538. The van der Waals surface area contributed by atoms with Gasteiger partial charge in [0.1, 0.15) is 5.75 Å². The Morgan fingerprint density at radius 2 is 2.00 bits per heavy atom. The number of nitrogens with zero attached hydrogens (tertiary/aromatic N) is 1. The molecule has 2 rings (SSSR count). The van der Waals surface area contributed by atoms with Crippen LogP contribution in [0.25, 0.3) is 0 Å². The van der Waals surface area contributed by atoms with Crippen molar-refractivity contribution < 1.29 is 14.6 Å². The first-order valence-electron chi connectivity index (χ1n) is 5.09. The number of benzene rings is 1. The highest BCUT2D eigenvalue weighted by atomic mass is 16.5. The van der Waals surface area contributed by atoms with Crippen molar-refractivity contribution in [1.82, 2.24) is 4.98 Å². The van der Waals surface area contributed by atoms with Gasteiger partial charge in [-0.2, -0.15) is 0 Å². The maximum Gasteiger partial charge on any atom is 0.337 e. The fourth-order valence-corrected chi connectivity index (χ4v) is 1.42. The molecule has 0 unspecified atom stereocenters. The molecule has 0 fully saturated rings. The van der Waals surface area contributed by atoms with E-state index in [2.05, 4.69) is 4.98 Å². The first-order valence-corrected chi connectivity index (χ1v) is 5.09. The maximum atomic E-state index is 10.8. The van der Waals surface area contributed by atoms with Crippen LogP contribution in [0.4, 0.5) is 0 Å². The van der Waals surface area contributed by atoms with Crippen LogP contribution in [0, 0.1) is 6.92 Å². The van der Waals surface area contributed by atoms with Gasteiger partial charge in [-0.1, -0.05) is 18.2 Å². The number of para-hydroxylation sites is 1. The van der Waals surface area contributed by atoms with Gasteiger partial charge in [-0.05, 0) is 24.6 Å². The second-order valence-electron chi connectivity index (χ2n) is 3.56. The second-order valence-corrected chi connectivity index (χ2v) is 3.56. The number of rotatable bonds is 3. The summed E-state index contributed by atoms with van der Waals surface area (Å²) in [6.07, 6.45) is 1.30. The van der Waals surface area contributed by atoms with Gasteiger partial charge >= 0.3 is 5.97 Å². The van der Waals surface area contributed by atoms with Gasteiger partial charge in [0, 0.05) is 12.3 Å². The molecule has 2 aromatic rings. The van der Waals surface area contributed by atoms with E-state index in [4.69, 9.17) is 9.84 Å². The number of aromatic nitrogens is 1. The summed E-state index contributed by atoms with van der Waals surface area (Å²) >= 11 is 0. The predicted octanol–water partition coefficient (Wildman–Crippen LogP) is 2.88. The fourth-order valence-electron chi connectivity index (χ4n) is 1.42. The van der Waals surface area contributed by atoms with Crippen LogP contribution in [-0.2, 0) is 0 Å². The molecule has 86 valence electrons. The number of aromatic carboxylic acids is 1. The van der Waals surface area contributed by atoms with E-state index in [0.717, 1.165) is 0 Å². The maximum absolute atomic E-state index is 10.8. The average molecular weight is 229 g/mol. The molecule has 0 radical (unpaired) electrons. The summed E-state index contributed by atoms with van der Waals surface area (Å²) < 4.78 is 5.49. The number of hydrogen-bond donors (Lipinski definition) is 1. The number of carboxylic acids is 1. The Kier molecular flexibility index (Phi) is 3.05. The third-order valence-electron chi connectivity index (χ3n) is 2.28. The first-order chi connectivity index (χ1) is 8.16. The summed E-state index contributed by atoms with van der Waals surface area (Å²) in [4.78, 5) is 14.8. The zero-order valence-electron chi connectivity index (χ0n) is 9.25. The monoisotopic (exact) mass is 229 g/mol. The van der Waals surface area contributed by atoms with E-state index in [1.807, 2.05) is 30.3 Å². The second kappa shape index (κ2) is 4.65. The topological polar surface area (TPSA) is 59.4 Å². The van der Waals surface area contributed by atoms with Gasteiger partial charge in [0.15, 0.2) is 0 Å². The molecule has 4 heteroatoms. The Hall–Kier alpha value is -2.36. The number of hydrogen-bond acceptors (Lipinski definition) is 3. The molecule has 0 saturated carbocycles. The molecule has 1 heterocycles. The minimum Gasteiger partial charge on any atom is -0.478 e. The normalized spacial score (nSPS) is 9.94. The van der Waals surface area contributed by atoms with Crippen molar-refractivity contribution in [1.29, 1.82) is 0 Å². The zero-order chi connectivity index (χ0) is 12.3. The van der Waals surface area contributed by atoms with Crippen molar-refractivity contribution in [3.05, 3.63) is 53.7 Å². The van der Waals surface area contributed by atoms with Crippen LogP contribution in [0.1, 0.15) is 15.9 Å². The molecule has 0 saturated heterocycles. The molecule has 1 aromatic heterocycles. The lowest BCUT2D eigenvalue weighted by molar-refractivity contribution is 0.0695. The highest BCUT2D eigenvalue weighted by molar-refractivity contribution is 5.88. The van der Waals surface area contributed by atoms with E-state index >= 15 is 0 Å². The highest BCUT2D eigenvalue weighted by Gasteiger charge is 2.09. The lowest BCUT2D eigenvalue weighted by atomic mass is 10.2. The number of carbonyl (C=O) groups is 1. The third-order valence-corrected chi connectivity index (χ3v) is 2.28. The van der Waals surface area contributed by atoms with Crippen LogP contribution < -0.4 is 4.74 Å². The molecule has 0 bridgehead atoms. The summed E-state index contributed by atoms with van der Waals surface area (Å²) in [6.45, 7) is 1.71. The van der Waals surface area contributed by atoms with E-state index < -0.39 is 5.97 Å². The Balaban J connectivity index is 2.24. The van der Waals surface area contributed by atoms with Crippen LogP contribution in [0.5, 0.6) is 11.6 Å². The molecule has 0 atom stereocenters. The molecule has 0 spiro atoms. The Morgan fingerprint density at radius 3 is 2.59 bits per heavy atom. The van der Waals surface area contributed by atoms with Crippen LogP contribution in [0.2, 0.25) is 0 Å². The number of ether oxygens (including phenoxy) is 1. The van der Waals surface area contributed by atoms with Gasteiger partial charge in [0.25, 0.3) is 0 Å². The zero-order valence-corrected chi connectivity index (χ0v) is 9.25. The fraction of sp³-hybridized carbons (Fsp3) is 0.0769. The van der Waals surface area contributed by atoms with E-state index in [-0.39, 0.29) is 5.56 Å². The average Bonchev–Trinajstić information content (AvgIpc) is 2.30. The van der Waals surface area contributed by atoms with Crippen molar-refractivity contribution >= 4 is 5.97 Å². The van der Waals surface area contributed by atoms with E-state index in [9.17, 15) is 4.79 Å². The van der Waals surface area contributed by atoms with Gasteiger partial charge in [0.05, 0.1) is 5.56 Å². The molecule has 17 heavy (non-hydrogen) atoms. The van der Waals surface area contributed by atoms with Crippen molar-refractivity contribution in [2.75, 3.05) is 0 Å². The molecule has 0 aliphatic carbocycles. The predicted molar refractivity (Wildman–Crippen MR) is 62.4 cm³/mol. The molecule has 1 N–H and O–H groups in total. The third kappa shape index (κ3) is 2.60. The highest BCUT2D eigenvalue weighted by Crippen LogP contribution is 2.20. The number of carboxylic acid groups (broad SMARTS) is 1. The standard InChI is InChI=1S/C13H11NO3/c1-9-7-12(14-8-11(9)13(15)16)17-10-5-3-2-4-6-10/h2-8H,1H3,(H,15,16). The number of aryl methyl sites for hydroxylation is 1. The van der Waals surface area contributed by atoms with E-state index in [1.54, 1.807) is 13.0 Å². The van der Waals surface area contributed by atoms with Crippen LogP contribution in [-0.4, -0.2) is 16.1 Å². The summed E-state index contributed by atoms with van der Waals surface area (Å²) in [6, 6.07) is 10.8. The van der Waals surface area contributed by atoms with Crippen molar-refractivity contribution in [3.8, 4) is 11.6 Å². The summed E-state index contributed by atoms with van der Waals surface area (Å²) in [5.74, 6) is 0.0717. The largest absolute Gasteiger partial charge is 0.478 e. The lowest BCUT2D eigenvalue weighted by Crippen LogP contribution is -2.01. The Morgan fingerprint density at radius 1 is 1.29 bits per heavy atom. The van der Waals surface area contributed by atoms with Crippen LogP contribution >= 0.6 is 0 Å². The smallest absolute Gasteiger partial charge is 0.337 e.